The Bertz CT molecular complexity index is 449. The summed E-state index contributed by atoms with van der Waals surface area (Å²) in [4.78, 5) is 0. The second-order valence-electron chi connectivity index (χ2n) is 5.62. The van der Waals surface area contributed by atoms with Gasteiger partial charge in [0.05, 0.1) is 6.61 Å². The summed E-state index contributed by atoms with van der Waals surface area (Å²) >= 11 is 0. The average Bonchev–Trinajstić information content (AvgIpc) is 2.66. The van der Waals surface area contributed by atoms with Crippen LogP contribution in [-0.4, -0.2) is 31.8 Å². The van der Waals surface area contributed by atoms with Crippen molar-refractivity contribution in [3.63, 3.8) is 0 Å². The summed E-state index contributed by atoms with van der Waals surface area (Å²) in [6, 6.07) is 6.15. The van der Waals surface area contributed by atoms with E-state index in [0.717, 1.165) is 12.2 Å². The van der Waals surface area contributed by atoms with Gasteiger partial charge in [-0.1, -0.05) is 12.1 Å². The molecule has 112 valence electrons. The zero-order chi connectivity index (χ0) is 14.6. The molecule has 1 aromatic rings. The number of rotatable bonds is 7. The van der Waals surface area contributed by atoms with Gasteiger partial charge in [0.25, 0.3) is 6.43 Å². The van der Waals surface area contributed by atoms with Gasteiger partial charge in [-0.3, -0.25) is 0 Å². The molecule has 0 amide bonds. The maximum absolute atomic E-state index is 11.8. The maximum Gasteiger partial charge on any atom is 0.261 e. The summed E-state index contributed by atoms with van der Waals surface area (Å²) in [6.45, 7) is 5.21. The van der Waals surface area contributed by atoms with Crippen molar-refractivity contribution >= 4 is 0 Å². The van der Waals surface area contributed by atoms with E-state index in [1.807, 2.05) is 12.1 Å². The fourth-order valence-corrected chi connectivity index (χ4v) is 2.32. The van der Waals surface area contributed by atoms with Crippen molar-refractivity contribution in [2.75, 3.05) is 19.8 Å². The van der Waals surface area contributed by atoms with Gasteiger partial charge < -0.3 is 14.8 Å². The Balaban J connectivity index is 1.73. The molecule has 0 aromatic heterocycles. The molecule has 5 heteroatoms. The molecule has 2 rings (SSSR count). The van der Waals surface area contributed by atoms with E-state index in [0.29, 0.717) is 19.7 Å². The highest BCUT2D eigenvalue weighted by molar-refractivity contribution is 5.41. The topological polar surface area (TPSA) is 30.5 Å². The Hall–Kier alpha value is -1.20. The van der Waals surface area contributed by atoms with Gasteiger partial charge in [0, 0.05) is 19.5 Å². The van der Waals surface area contributed by atoms with Crippen LogP contribution in [0.4, 0.5) is 8.78 Å². The molecule has 0 saturated heterocycles. The van der Waals surface area contributed by atoms with Crippen LogP contribution in [-0.2, 0) is 17.7 Å². The number of hydrogen-bond donors (Lipinski definition) is 1. The van der Waals surface area contributed by atoms with Gasteiger partial charge in [0.15, 0.2) is 0 Å². The first-order chi connectivity index (χ1) is 9.46. The normalized spacial score (nSPS) is 16.2. The summed E-state index contributed by atoms with van der Waals surface area (Å²) in [5, 5.41) is 3.18. The lowest BCUT2D eigenvalue weighted by Gasteiger charge is -2.16. The summed E-state index contributed by atoms with van der Waals surface area (Å²) in [7, 11) is 0. The molecule has 1 N–H and O–H groups in total. The summed E-state index contributed by atoms with van der Waals surface area (Å²) in [5.41, 5.74) is 2.26. The van der Waals surface area contributed by atoms with Gasteiger partial charge in [-0.25, -0.2) is 8.78 Å². The molecule has 1 aromatic carbocycles. The number of ether oxygens (including phenoxy) is 2. The lowest BCUT2D eigenvalue weighted by atomic mass is 10.0. The van der Waals surface area contributed by atoms with E-state index in [2.05, 4.69) is 25.2 Å². The molecule has 0 spiro atoms. The van der Waals surface area contributed by atoms with Gasteiger partial charge >= 0.3 is 0 Å². The van der Waals surface area contributed by atoms with E-state index < -0.39 is 13.0 Å². The van der Waals surface area contributed by atoms with Crippen LogP contribution in [0.3, 0.4) is 0 Å². The molecular weight excluding hydrogens is 264 g/mol. The van der Waals surface area contributed by atoms with Crippen LogP contribution < -0.4 is 10.1 Å². The van der Waals surface area contributed by atoms with Gasteiger partial charge in [-0.2, -0.15) is 0 Å². The summed E-state index contributed by atoms with van der Waals surface area (Å²) < 4.78 is 34.3. The monoisotopic (exact) mass is 285 g/mol. The van der Waals surface area contributed by atoms with Crippen molar-refractivity contribution in [3.05, 3.63) is 29.3 Å². The van der Waals surface area contributed by atoms with Gasteiger partial charge in [0.1, 0.15) is 18.0 Å². The first-order valence-electron chi connectivity index (χ1n) is 6.84. The molecule has 0 atom stereocenters. The zero-order valence-electron chi connectivity index (χ0n) is 11.9. The standard InChI is InChI=1S/C15H21F2NO2/c1-15(2)8-12-7-11(3-4-13(12)20-15)9-18-5-6-19-10-14(16)17/h3-4,7,14,18H,5-6,8-10H2,1-2H3. The molecule has 20 heavy (non-hydrogen) atoms. The molecule has 1 aliphatic rings. The molecule has 0 fully saturated rings. The third-order valence-electron chi connectivity index (χ3n) is 3.12. The predicted molar refractivity (Wildman–Crippen MR) is 73.4 cm³/mol. The fourth-order valence-electron chi connectivity index (χ4n) is 2.32. The summed E-state index contributed by atoms with van der Waals surface area (Å²) in [6.07, 6.45) is -1.48. The molecule has 0 aliphatic carbocycles. The Kier molecular flexibility index (Phi) is 4.94. The Morgan fingerprint density at radius 3 is 2.95 bits per heavy atom. The van der Waals surface area contributed by atoms with Crippen LogP contribution in [0, 0.1) is 0 Å². The lowest BCUT2D eigenvalue weighted by Crippen LogP contribution is -2.24. The minimum absolute atomic E-state index is 0.127. The molecular formula is C15H21F2NO2. The minimum atomic E-state index is -2.39. The first kappa shape index (κ1) is 15.2. The second-order valence-corrected chi connectivity index (χ2v) is 5.62. The molecule has 1 aliphatic heterocycles. The van der Waals surface area contributed by atoms with Crippen LogP contribution >= 0.6 is 0 Å². The van der Waals surface area contributed by atoms with Crippen molar-refractivity contribution in [2.24, 2.45) is 0 Å². The third kappa shape index (κ3) is 4.42. The molecule has 0 bridgehead atoms. The fraction of sp³-hybridized carbons (Fsp3) is 0.600. The first-order valence-corrected chi connectivity index (χ1v) is 6.84. The van der Waals surface area contributed by atoms with E-state index in [1.165, 1.54) is 11.1 Å². The quantitative estimate of drug-likeness (QED) is 0.781. The number of alkyl halides is 2. The van der Waals surface area contributed by atoms with Gasteiger partial charge in [0.2, 0.25) is 0 Å². The number of halogens is 2. The maximum atomic E-state index is 11.8. The van der Waals surface area contributed by atoms with Crippen LogP contribution in [0.1, 0.15) is 25.0 Å². The molecule has 0 radical (unpaired) electrons. The summed E-state index contributed by atoms with van der Waals surface area (Å²) in [5.74, 6) is 0.957. The molecule has 3 nitrogen and oxygen atoms in total. The van der Waals surface area contributed by atoms with Crippen LogP contribution in [0.15, 0.2) is 18.2 Å². The third-order valence-corrected chi connectivity index (χ3v) is 3.12. The second kappa shape index (κ2) is 6.50. The Morgan fingerprint density at radius 1 is 1.40 bits per heavy atom. The number of benzene rings is 1. The van der Waals surface area contributed by atoms with Crippen LogP contribution in [0.5, 0.6) is 5.75 Å². The highest BCUT2D eigenvalue weighted by Crippen LogP contribution is 2.35. The number of fused-ring (bicyclic) bond motifs is 1. The van der Waals surface area contributed by atoms with Gasteiger partial charge in [-0.05, 0) is 31.0 Å². The van der Waals surface area contributed by atoms with E-state index in [-0.39, 0.29) is 5.60 Å². The van der Waals surface area contributed by atoms with E-state index in [1.54, 1.807) is 0 Å². The lowest BCUT2D eigenvalue weighted by molar-refractivity contribution is 0.0187. The number of hydrogen-bond acceptors (Lipinski definition) is 3. The van der Waals surface area contributed by atoms with Crippen molar-refractivity contribution in [2.45, 2.75) is 38.8 Å². The highest BCUT2D eigenvalue weighted by Gasteiger charge is 2.29. The molecule has 0 unspecified atom stereocenters. The largest absolute Gasteiger partial charge is 0.487 e. The smallest absolute Gasteiger partial charge is 0.261 e. The van der Waals surface area contributed by atoms with E-state index in [4.69, 9.17) is 9.47 Å². The van der Waals surface area contributed by atoms with Crippen molar-refractivity contribution in [1.82, 2.24) is 5.32 Å². The SMILES string of the molecule is CC1(C)Cc2cc(CNCCOCC(F)F)ccc2O1. The average molecular weight is 285 g/mol. The van der Waals surface area contributed by atoms with Crippen LogP contribution in [0.2, 0.25) is 0 Å². The van der Waals surface area contributed by atoms with Crippen LogP contribution in [0.25, 0.3) is 0 Å². The molecule has 0 saturated carbocycles. The van der Waals surface area contributed by atoms with E-state index in [9.17, 15) is 8.78 Å². The Morgan fingerprint density at radius 2 is 2.20 bits per heavy atom. The minimum Gasteiger partial charge on any atom is -0.487 e. The van der Waals surface area contributed by atoms with Crippen molar-refractivity contribution in [3.8, 4) is 5.75 Å². The number of nitrogens with one attached hydrogen (secondary N) is 1. The van der Waals surface area contributed by atoms with Crippen molar-refractivity contribution < 1.29 is 18.3 Å². The van der Waals surface area contributed by atoms with Crippen molar-refractivity contribution in [1.29, 1.82) is 0 Å². The van der Waals surface area contributed by atoms with Gasteiger partial charge in [-0.15, -0.1) is 0 Å². The molecule has 1 heterocycles. The predicted octanol–water partition coefficient (Wildman–Crippen LogP) is 2.77. The highest BCUT2D eigenvalue weighted by atomic mass is 19.3. The van der Waals surface area contributed by atoms with E-state index >= 15 is 0 Å². The Labute approximate surface area is 118 Å². The zero-order valence-corrected chi connectivity index (χ0v) is 11.9.